The summed E-state index contributed by atoms with van der Waals surface area (Å²) in [6.45, 7) is 0.719. The topological polar surface area (TPSA) is 52.3 Å². The molecular formula is C16H13Cl2NO2. The van der Waals surface area contributed by atoms with E-state index in [1.54, 1.807) is 12.1 Å². The molecular weight excluding hydrogens is 309 g/mol. The number of fused-ring (bicyclic) bond motifs is 1. The number of ether oxygens (including phenoxy) is 1. The zero-order valence-corrected chi connectivity index (χ0v) is 12.7. The van der Waals surface area contributed by atoms with Crippen molar-refractivity contribution in [3.05, 3.63) is 57.1 Å². The van der Waals surface area contributed by atoms with Gasteiger partial charge in [0.05, 0.1) is 16.7 Å². The van der Waals surface area contributed by atoms with E-state index in [1.807, 2.05) is 12.1 Å². The Morgan fingerprint density at radius 1 is 1.19 bits per heavy atom. The van der Waals surface area contributed by atoms with Gasteiger partial charge in [0, 0.05) is 16.8 Å². The lowest BCUT2D eigenvalue weighted by Crippen LogP contribution is -2.10. The van der Waals surface area contributed by atoms with Crippen molar-refractivity contribution in [2.75, 3.05) is 12.3 Å². The van der Waals surface area contributed by atoms with E-state index in [0.29, 0.717) is 16.8 Å². The van der Waals surface area contributed by atoms with Crippen LogP contribution in [0.4, 0.5) is 5.69 Å². The smallest absolute Gasteiger partial charge is 0.194 e. The molecule has 5 heteroatoms. The van der Waals surface area contributed by atoms with Crippen LogP contribution in [0.2, 0.25) is 10.0 Å². The van der Waals surface area contributed by atoms with Crippen LogP contribution in [0, 0.1) is 0 Å². The summed E-state index contributed by atoms with van der Waals surface area (Å²) in [6, 6.07) is 8.49. The molecule has 2 aromatic carbocycles. The first kappa shape index (κ1) is 14.2. The van der Waals surface area contributed by atoms with Crippen LogP contribution < -0.4 is 10.5 Å². The lowest BCUT2D eigenvalue weighted by molar-refractivity contribution is 0.103. The van der Waals surface area contributed by atoms with Crippen LogP contribution in [-0.2, 0) is 6.42 Å². The molecule has 108 valence electrons. The third-order valence-corrected chi connectivity index (χ3v) is 4.27. The number of aryl methyl sites for hydroxylation is 1. The molecule has 0 spiro atoms. The summed E-state index contributed by atoms with van der Waals surface area (Å²) in [7, 11) is 0. The highest BCUT2D eigenvalue weighted by molar-refractivity contribution is 6.44. The monoisotopic (exact) mass is 321 g/mol. The summed E-state index contributed by atoms with van der Waals surface area (Å²) in [5.41, 5.74) is 8.07. The number of rotatable bonds is 2. The van der Waals surface area contributed by atoms with Crippen molar-refractivity contribution in [3.63, 3.8) is 0 Å². The summed E-state index contributed by atoms with van der Waals surface area (Å²) >= 11 is 12.1. The molecule has 0 aromatic heterocycles. The number of hydrogen-bond donors (Lipinski definition) is 1. The molecule has 1 heterocycles. The molecule has 0 atom stereocenters. The third kappa shape index (κ3) is 2.71. The van der Waals surface area contributed by atoms with E-state index in [0.717, 1.165) is 30.8 Å². The highest BCUT2D eigenvalue weighted by Crippen LogP contribution is 2.32. The molecule has 0 aliphatic carbocycles. The predicted octanol–water partition coefficient (Wildman–Crippen LogP) is 4.13. The van der Waals surface area contributed by atoms with Gasteiger partial charge in [0.2, 0.25) is 0 Å². The van der Waals surface area contributed by atoms with Gasteiger partial charge in [-0.2, -0.15) is 0 Å². The summed E-state index contributed by atoms with van der Waals surface area (Å²) in [6.07, 6.45) is 1.86. The van der Waals surface area contributed by atoms with Crippen molar-refractivity contribution in [1.29, 1.82) is 0 Å². The van der Waals surface area contributed by atoms with Crippen molar-refractivity contribution in [2.24, 2.45) is 0 Å². The van der Waals surface area contributed by atoms with Gasteiger partial charge < -0.3 is 10.5 Å². The van der Waals surface area contributed by atoms with Crippen molar-refractivity contribution in [1.82, 2.24) is 0 Å². The number of nitrogens with two attached hydrogens (primary N) is 1. The minimum Gasteiger partial charge on any atom is -0.493 e. The maximum absolute atomic E-state index is 12.6. The fourth-order valence-corrected chi connectivity index (χ4v) is 2.86. The highest BCUT2D eigenvalue weighted by Gasteiger charge is 2.18. The van der Waals surface area contributed by atoms with Gasteiger partial charge >= 0.3 is 0 Å². The first-order chi connectivity index (χ1) is 10.1. The molecule has 3 rings (SSSR count). The number of carbonyl (C=O) groups excluding carboxylic acids is 1. The second-order valence-corrected chi connectivity index (χ2v) is 5.75. The highest BCUT2D eigenvalue weighted by atomic mass is 35.5. The number of hydrogen-bond acceptors (Lipinski definition) is 3. The van der Waals surface area contributed by atoms with Gasteiger partial charge in [0.15, 0.2) is 5.78 Å². The second-order valence-electron chi connectivity index (χ2n) is 4.97. The van der Waals surface area contributed by atoms with E-state index in [1.165, 1.54) is 6.07 Å². The maximum atomic E-state index is 12.6. The van der Waals surface area contributed by atoms with E-state index < -0.39 is 0 Å². The molecule has 0 bridgehead atoms. The van der Waals surface area contributed by atoms with Gasteiger partial charge in [-0.1, -0.05) is 23.2 Å². The largest absolute Gasteiger partial charge is 0.493 e. The van der Waals surface area contributed by atoms with Crippen molar-refractivity contribution in [3.8, 4) is 5.75 Å². The van der Waals surface area contributed by atoms with E-state index in [4.69, 9.17) is 33.7 Å². The first-order valence-electron chi connectivity index (χ1n) is 6.61. The molecule has 0 amide bonds. The molecule has 1 aliphatic heterocycles. The van der Waals surface area contributed by atoms with Gasteiger partial charge in [-0.3, -0.25) is 4.79 Å². The minimum absolute atomic E-state index is 0.192. The van der Waals surface area contributed by atoms with Gasteiger partial charge in [-0.25, -0.2) is 0 Å². The van der Waals surface area contributed by atoms with Crippen LogP contribution in [0.3, 0.4) is 0 Å². The number of nitrogen functional groups attached to an aromatic ring is 1. The fraction of sp³-hybridized carbons (Fsp3) is 0.188. The molecule has 0 saturated heterocycles. The average molecular weight is 322 g/mol. The number of anilines is 1. The summed E-state index contributed by atoms with van der Waals surface area (Å²) < 4.78 is 5.55. The number of halogens is 2. The van der Waals surface area contributed by atoms with Gasteiger partial charge in [0.1, 0.15) is 5.75 Å². The van der Waals surface area contributed by atoms with Crippen LogP contribution in [0.1, 0.15) is 27.9 Å². The molecule has 2 N–H and O–H groups in total. The molecule has 3 nitrogen and oxygen atoms in total. The first-order valence-corrected chi connectivity index (χ1v) is 7.37. The molecule has 0 unspecified atom stereocenters. The summed E-state index contributed by atoms with van der Waals surface area (Å²) in [5.74, 6) is 0.650. The molecule has 0 fully saturated rings. The Balaban J connectivity index is 2.03. The SMILES string of the molecule is Nc1cc(Cl)c(Cl)c(C(=O)c2ccc3c(c2)CCCO3)c1. The third-order valence-electron chi connectivity index (χ3n) is 3.47. The Kier molecular flexibility index (Phi) is 3.79. The summed E-state index contributed by atoms with van der Waals surface area (Å²) in [5, 5.41) is 0.506. The molecule has 0 radical (unpaired) electrons. The molecule has 21 heavy (non-hydrogen) atoms. The number of benzene rings is 2. The van der Waals surface area contributed by atoms with Crippen LogP contribution in [0.5, 0.6) is 5.75 Å². The van der Waals surface area contributed by atoms with Crippen LogP contribution in [0.15, 0.2) is 30.3 Å². The quantitative estimate of drug-likeness (QED) is 0.668. The number of carbonyl (C=O) groups is 1. The van der Waals surface area contributed by atoms with Crippen molar-refractivity contribution >= 4 is 34.7 Å². The molecule has 2 aromatic rings. The van der Waals surface area contributed by atoms with Crippen LogP contribution in [0.25, 0.3) is 0 Å². The predicted molar refractivity (Wildman–Crippen MR) is 84.6 cm³/mol. The fourth-order valence-electron chi connectivity index (χ4n) is 2.43. The van der Waals surface area contributed by atoms with Gasteiger partial charge in [-0.05, 0) is 48.7 Å². The standard InChI is InChI=1S/C16H13Cl2NO2/c17-13-8-11(19)7-12(15(13)18)16(20)10-3-4-14-9(6-10)2-1-5-21-14/h3-4,6-8H,1-2,5,19H2. The van der Waals surface area contributed by atoms with Crippen molar-refractivity contribution in [2.45, 2.75) is 12.8 Å². The van der Waals surface area contributed by atoms with E-state index in [9.17, 15) is 4.79 Å². The number of ketones is 1. The summed E-state index contributed by atoms with van der Waals surface area (Å²) in [4.78, 5) is 12.6. The van der Waals surface area contributed by atoms with Crippen molar-refractivity contribution < 1.29 is 9.53 Å². The zero-order valence-electron chi connectivity index (χ0n) is 11.2. The molecule has 0 saturated carbocycles. The van der Waals surface area contributed by atoms with E-state index in [2.05, 4.69) is 0 Å². The lowest BCUT2D eigenvalue weighted by Gasteiger charge is -2.17. The second kappa shape index (κ2) is 5.58. The Bertz CT molecular complexity index is 728. The van der Waals surface area contributed by atoms with Gasteiger partial charge in [0.25, 0.3) is 0 Å². The Hall–Kier alpha value is -1.71. The van der Waals surface area contributed by atoms with Gasteiger partial charge in [-0.15, -0.1) is 0 Å². The van der Waals surface area contributed by atoms with E-state index >= 15 is 0 Å². The maximum Gasteiger partial charge on any atom is 0.194 e. The zero-order chi connectivity index (χ0) is 15.0. The Morgan fingerprint density at radius 2 is 2.00 bits per heavy atom. The normalized spacial score (nSPS) is 13.4. The molecule has 1 aliphatic rings. The Labute approximate surface area is 132 Å². The van der Waals surface area contributed by atoms with E-state index in [-0.39, 0.29) is 15.8 Å². The lowest BCUT2D eigenvalue weighted by atomic mass is 9.98. The van der Waals surface area contributed by atoms with Crippen LogP contribution >= 0.6 is 23.2 Å². The Morgan fingerprint density at radius 3 is 2.81 bits per heavy atom. The average Bonchev–Trinajstić information content (AvgIpc) is 2.49. The van der Waals surface area contributed by atoms with Crippen LogP contribution in [-0.4, -0.2) is 12.4 Å². The minimum atomic E-state index is -0.192.